The Kier molecular flexibility index (Phi) is 1.47. The zero-order valence-electron chi connectivity index (χ0n) is 9.16. The lowest BCUT2D eigenvalue weighted by molar-refractivity contribution is -0.00341. The molecule has 2 fully saturated rings. The summed E-state index contributed by atoms with van der Waals surface area (Å²) in [6.07, 6.45) is 0. The fourth-order valence-corrected chi connectivity index (χ4v) is 2.65. The van der Waals surface area contributed by atoms with Crippen LogP contribution in [0.25, 0.3) is 0 Å². The van der Waals surface area contributed by atoms with Crippen LogP contribution in [0.5, 0.6) is 0 Å². The summed E-state index contributed by atoms with van der Waals surface area (Å²) in [7, 11) is 0. The minimum Gasteiger partial charge on any atom is -0.476 e. The number of ether oxygens (including phenoxy) is 1. The molecule has 2 saturated heterocycles. The number of benzene rings is 1. The predicted octanol–water partition coefficient (Wildman–Crippen LogP) is 2.48. The fourth-order valence-electron chi connectivity index (χ4n) is 2.65. The molecule has 1 aromatic rings. The highest BCUT2D eigenvalue weighted by Gasteiger charge is 2.68. The van der Waals surface area contributed by atoms with Crippen molar-refractivity contribution >= 4 is 0 Å². The zero-order chi connectivity index (χ0) is 10.7. The summed E-state index contributed by atoms with van der Waals surface area (Å²) >= 11 is 0. The van der Waals surface area contributed by atoms with Gasteiger partial charge in [0.2, 0.25) is 0 Å². The van der Waals surface area contributed by atoms with E-state index in [-0.39, 0.29) is 11.3 Å². The second-order valence-corrected chi connectivity index (χ2v) is 4.78. The van der Waals surface area contributed by atoms with E-state index in [2.05, 4.69) is 49.6 Å². The first-order chi connectivity index (χ1) is 7.07. The first-order valence-corrected chi connectivity index (χ1v) is 5.29. The topological polar surface area (TPSA) is 12.2 Å². The predicted molar refractivity (Wildman–Crippen MR) is 59.1 cm³/mol. The van der Waals surface area contributed by atoms with Crippen LogP contribution >= 0.6 is 0 Å². The molecule has 2 atom stereocenters. The van der Waals surface area contributed by atoms with Gasteiger partial charge in [-0.3, -0.25) is 0 Å². The summed E-state index contributed by atoms with van der Waals surface area (Å²) in [5, 5.41) is 0. The van der Waals surface area contributed by atoms with Gasteiger partial charge in [-0.1, -0.05) is 36.9 Å². The van der Waals surface area contributed by atoms with Crippen molar-refractivity contribution in [3.8, 4) is 0 Å². The molecule has 0 N–H and O–H groups in total. The van der Waals surface area contributed by atoms with E-state index in [0.717, 1.165) is 12.3 Å². The van der Waals surface area contributed by atoms with E-state index in [1.807, 2.05) is 6.07 Å². The van der Waals surface area contributed by atoms with Gasteiger partial charge in [0, 0.05) is 6.54 Å². The Morgan fingerprint density at radius 2 is 1.93 bits per heavy atom. The van der Waals surface area contributed by atoms with Crippen LogP contribution in [0.2, 0.25) is 0 Å². The number of fused-ring (bicyclic) bond motifs is 1. The molecule has 0 bridgehead atoms. The van der Waals surface area contributed by atoms with Crippen LogP contribution in [-0.2, 0) is 10.3 Å². The van der Waals surface area contributed by atoms with Crippen molar-refractivity contribution < 1.29 is 4.74 Å². The monoisotopic (exact) mass is 201 g/mol. The first-order valence-electron chi connectivity index (χ1n) is 5.29. The number of hydrogen-bond acceptors (Lipinski definition) is 2. The van der Waals surface area contributed by atoms with E-state index in [1.165, 1.54) is 5.56 Å². The third kappa shape index (κ3) is 0.975. The summed E-state index contributed by atoms with van der Waals surface area (Å²) in [6, 6.07) is 10.5. The lowest BCUT2D eigenvalue weighted by Gasteiger charge is -2.21. The molecule has 15 heavy (non-hydrogen) atoms. The van der Waals surface area contributed by atoms with Crippen LogP contribution in [0.3, 0.4) is 0 Å². The Bertz CT molecular complexity index is 423. The average molecular weight is 201 g/mol. The Morgan fingerprint density at radius 3 is 2.40 bits per heavy atom. The molecular weight excluding hydrogens is 186 g/mol. The van der Waals surface area contributed by atoms with Gasteiger partial charge in [-0.15, -0.1) is 0 Å². The van der Waals surface area contributed by atoms with Crippen molar-refractivity contribution in [2.75, 3.05) is 6.54 Å². The average Bonchev–Trinajstić information content (AvgIpc) is 2.91. The minimum atomic E-state index is -0.201. The molecule has 2 aliphatic heterocycles. The highest BCUT2D eigenvalue weighted by atomic mass is 16.5. The van der Waals surface area contributed by atoms with Gasteiger partial charge in [0.25, 0.3) is 0 Å². The molecule has 0 aromatic heterocycles. The third-order valence-corrected chi connectivity index (χ3v) is 3.48. The molecule has 0 radical (unpaired) electrons. The second-order valence-electron chi connectivity index (χ2n) is 4.78. The van der Waals surface area contributed by atoms with E-state index in [4.69, 9.17) is 4.74 Å². The van der Waals surface area contributed by atoms with Crippen LogP contribution in [-0.4, -0.2) is 17.2 Å². The van der Waals surface area contributed by atoms with Crippen molar-refractivity contribution in [2.45, 2.75) is 25.1 Å². The quantitative estimate of drug-likeness (QED) is 0.647. The Hall–Kier alpha value is -1.28. The molecule has 2 heterocycles. The summed E-state index contributed by atoms with van der Waals surface area (Å²) < 4.78 is 5.80. The largest absolute Gasteiger partial charge is 0.476 e. The maximum Gasteiger partial charge on any atom is 0.158 e. The first kappa shape index (κ1) is 8.98. The van der Waals surface area contributed by atoms with Gasteiger partial charge in [0.15, 0.2) is 5.72 Å². The zero-order valence-corrected chi connectivity index (χ0v) is 9.16. The number of rotatable bonds is 1. The van der Waals surface area contributed by atoms with Gasteiger partial charge >= 0.3 is 0 Å². The van der Waals surface area contributed by atoms with Gasteiger partial charge < -0.3 is 4.74 Å². The highest BCUT2D eigenvalue weighted by molar-refractivity contribution is 5.43. The maximum atomic E-state index is 5.80. The van der Waals surface area contributed by atoms with Crippen molar-refractivity contribution in [2.24, 2.45) is 0 Å². The summed E-state index contributed by atoms with van der Waals surface area (Å²) in [5.41, 5.74) is 1.05. The van der Waals surface area contributed by atoms with Crippen LogP contribution < -0.4 is 0 Å². The number of nitrogens with zero attached hydrogens (tertiary/aromatic N) is 1. The molecule has 78 valence electrons. The molecule has 3 rings (SSSR count). The third-order valence-electron chi connectivity index (χ3n) is 3.48. The molecule has 0 aliphatic carbocycles. The maximum absolute atomic E-state index is 5.80. The Morgan fingerprint density at radius 1 is 1.27 bits per heavy atom. The van der Waals surface area contributed by atoms with Crippen LogP contribution in [0.1, 0.15) is 19.4 Å². The van der Waals surface area contributed by atoms with Crippen molar-refractivity contribution in [3.05, 3.63) is 48.2 Å². The molecule has 2 unspecified atom stereocenters. The standard InChI is InChI=1S/C13H15NO/c1-10-13(11-7-5-4-6-8-11)9-14(13)12(2,3)15-10/h4-8H,1,9H2,2-3H3. The smallest absolute Gasteiger partial charge is 0.158 e. The van der Waals surface area contributed by atoms with Crippen LogP contribution in [0.15, 0.2) is 42.7 Å². The van der Waals surface area contributed by atoms with Crippen molar-refractivity contribution in [3.63, 3.8) is 0 Å². The van der Waals surface area contributed by atoms with Gasteiger partial charge in [0.1, 0.15) is 11.3 Å². The van der Waals surface area contributed by atoms with Crippen LogP contribution in [0.4, 0.5) is 0 Å². The van der Waals surface area contributed by atoms with Gasteiger partial charge in [-0.05, 0) is 19.4 Å². The molecule has 2 heteroatoms. The van der Waals surface area contributed by atoms with Gasteiger partial charge in [-0.2, -0.15) is 0 Å². The van der Waals surface area contributed by atoms with Crippen molar-refractivity contribution in [1.29, 1.82) is 0 Å². The van der Waals surface area contributed by atoms with E-state index in [9.17, 15) is 0 Å². The van der Waals surface area contributed by atoms with E-state index < -0.39 is 0 Å². The second kappa shape index (κ2) is 2.45. The fraction of sp³-hybridized carbons (Fsp3) is 0.385. The lowest BCUT2D eigenvalue weighted by atomic mass is 9.98. The molecule has 1 aromatic carbocycles. The summed E-state index contributed by atoms with van der Waals surface area (Å²) in [4.78, 5) is 2.34. The van der Waals surface area contributed by atoms with Gasteiger partial charge in [-0.25, -0.2) is 4.90 Å². The van der Waals surface area contributed by atoms with Crippen LogP contribution in [0, 0.1) is 0 Å². The molecule has 0 saturated carbocycles. The highest BCUT2D eigenvalue weighted by Crippen LogP contribution is 2.59. The normalized spacial score (nSPS) is 35.9. The van der Waals surface area contributed by atoms with Crippen molar-refractivity contribution in [1.82, 2.24) is 4.90 Å². The van der Waals surface area contributed by atoms with E-state index >= 15 is 0 Å². The van der Waals surface area contributed by atoms with E-state index in [1.54, 1.807) is 0 Å². The number of hydrogen-bond donors (Lipinski definition) is 0. The molecular formula is C13H15NO. The summed E-state index contributed by atoms with van der Waals surface area (Å²) in [6.45, 7) is 9.27. The molecule has 2 nitrogen and oxygen atoms in total. The minimum absolute atomic E-state index is 0.0369. The molecule has 0 spiro atoms. The lowest BCUT2D eigenvalue weighted by Crippen LogP contribution is -2.29. The SMILES string of the molecule is C=C1OC(C)(C)N2CC12c1ccccc1. The Labute approximate surface area is 90.2 Å². The molecule has 0 amide bonds. The van der Waals surface area contributed by atoms with E-state index in [0.29, 0.717) is 0 Å². The molecule has 2 aliphatic rings. The summed E-state index contributed by atoms with van der Waals surface area (Å²) in [5.74, 6) is 0.888. The van der Waals surface area contributed by atoms with Gasteiger partial charge in [0.05, 0.1) is 0 Å². The Balaban J connectivity index is 2.06.